The van der Waals surface area contributed by atoms with E-state index in [1.165, 1.54) is 16.8 Å². The van der Waals surface area contributed by atoms with Gasteiger partial charge in [-0.25, -0.2) is 0 Å². The average Bonchev–Trinajstić information content (AvgIpc) is 2.57. The van der Waals surface area contributed by atoms with E-state index in [2.05, 4.69) is 47.5 Å². The zero-order valence-electron chi connectivity index (χ0n) is 11.0. The highest BCUT2D eigenvalue weighted by atomic mass is 79.9. The maximum atomic E-state index is 5.74. The number of hydrogen-bond donors (Lipinski definition) is 0. The number of nitrogens with zero attached hydrogens (tertiary/aromatic N) is 1. The summed E-state index contributed by atoms with van der Waals surface area (Å²) in [6.07, 6.45) is 2.19. The maximum absolute atomic E-state index is 5.74. The Balaban J connectivity index is 1.94. The fraction of sp³-hybridized carbons (Fsp3) is 0.333. The van der Waals surface area contributed by atoms with Crippen molar-refractivity contribution >= 4 is 15.9 Å². The Kier molecular flexibility index (Phi) is 4.12. The molecule has 1 aromatic carbocycles. The second kappa shape index (κ2) is 5.61. The Morgan fingerprint density at radius 2 is 2.00 bits per heavy atom. The lowest BCUT2D eigenvalue weighted by Crippen LogP contribution is -2.08. The molecule has 0 bridgehead atoms. The average molecular weight is 308 g/mol. The SMILES string of the molecule is Cc1cn(CCOc2cccc(Br)c2)c(C)c1C. The third-order valence-electron chi connectivity index (χ3n) is 3.31. The van der Waals surface area contributed by atoms with Crippen LogP contribution in [0.25, 0.3) is 0 Å². The topological polar surface area (TPSA) is 14.2 Å². The van der Waals surface area contributed by atoms with Crippen molar-refractivity contribution < 1.29 is 4.74 Å². The molecule has 0 aliphatic heterocycles. The van der Waals surface area contributed by atoms with Gasteiger partial charge in [-0.05, 0) is 50.1 Å². The standard InChI is InChI=1S/C15H18BrNO/c1-11-10-17(13(3)12(11)2)7-8-18-15-6-4-5-14(16)9-15/h4-6,9-10H,7-8H2,1-3H3. The van der Waals surface area contributed by atoms with E-state index >= 15 is 0 Å². The second-order valence-electron chi connectivity index (χ2n) is 4.52. The van der Waals surface area contributed by atoms with Gasteiger partial charge in [0.15, 0.2) is 0 Å². The van der Waals surface area contributed by atoms with Crippen molar-refractivity contribution in [3.8, 4) is 5.75 Å². The van der Waals surface area contributed by atoms with Crippen LogP contribution in [0.4, 0.5) is 0 Å². The van der Waals surface area contributed by atoms with Crippen LogP contribution >= 0.6 is 15.9 Å². The largest absolute Gasteiger partial charge is 0.492 e. The first-order valence-electron chi connectivity index (χ1n) is 6.09. The zero-order chi connectivity index (χ0) is 13.1. The minimum atomic E-state index is 0.685. The van der Waals surface area contributed by atoms with Gasteiger partial charge in [0.05, 0.1) is 6.54 Å². The summed E-state index contributed by atoms with van der Waals surface area (Å²) < 4.78 is 9.04. The first-order chi connectivity index (χ1) is 8.58. The first kappa shape index (κ1) is 13.2. The van der Waals surface area contributed by atoms with Crippen LogP contribution in [0.3, 0.4) is 0 Å². The molecule has 0 saturated carbocycles. The molecule has 0 atom stereocenters. The van der Waals surface area contributed by atoms with Gasteiger partial charge in [0.1, 0.15) is 12.4 Å². The summed E-state index contributed by atoms with van der Waals surface area (Å²) in [7, 11) is 0. The van der Waals surface area contributed by atoms with Gasteiger partial charge in [-0.1, -0.05) is 22.0 Å². The molecule has 0 unspecified atom stereocenters. The molecule has 18 heavy (non-hydrogen) atoms. The lowest BCUT2D eigenvalue weighted by atomic mass is 10.2. The molecule has 0 aliphatic rings. The number of halogens is 1. The maximum Gasteiger partial charge on any atom is 0.120 e. The molecule has 0 radical (unpaired) electrons. The molecule has 0 N–H and O–H groups in total. The van der Waals surface area contributed by atoms with E-state index in [0.717, 1.165) is 16.8 Å². The fourth-order valence-corrected chi connectivity index (χ4v) is 2.36. The fourth-order valence-electron chi connectivity index (χ4n) is 1.98. The Morgan fingerprint density at radius 1 is 1.22 bits per heavy atom. The van der Waals surface area contributed by atoms with Gasteiger partial charge in [0.2, 0.25) is 0 Å². The molecular weight excluding hydrogens is 290 g/mol. The molecule has 2 aromatic rings. The van der Waals surface area contributed by atoms with Gasteiger partial charge >= 0.3 is 0 Å². The number of aromatic nitrogens is 1. The molecule has 1 heterocycles. The van der Waals surface area contributed by atoms with Crippen LogP contribution in [-0.2, 0) is 6.54 Å². The molecule has 0 aliphatic carbocycles. The van der Waals surface area contributed by atoms with Crippen LogP contribution in [-0.4, -0.2) is 11.2 Å². The minimum Gasteiger partial charge on any atom is -0.492 e. The van der Waals surface area contributed by atoms with Gasteiger partial charge < -0.3 is 9.30 Å². The summed E-state index contributed by atoms with van der Waals surface area (Å²) in [5.74, 6) is 0.905. The molecule has 0 spiro atoms. The van der Waals surface area contributed by atoms with Gasteiger partial charge in [-0.3, -0.25) is 0 Å². The molecule has 2 rings (SSSR count). The Bertz CT molecular complexity index is 545. The third kappa shape index (κ3) is 2.96. The summed E-state index contributed by atoms with van der Waals surface area (Å²) >= 11 is 3.44. The molecule has 1 aromatic heterocycles. The van der Waals surface area contributed by atoms with E-state index in [4.69, 9.17) is 4.74 Å². The van der Waals surface area contributed by atoms with Crippen molar-refractivity contribution in [2.45, 2.75) is 27.3 Å². The van der Waals surface area contributed by atoms with Crippen molar-refractivity contribution in [2.75, 3.05) is 6.61 Å². The van der Waals surface area contributed by atoms with Gasteiger partial charge in [0, 0.05) is 16.4 Å². The van der Waals surface area contributed by atoms with Crippen LogP contribution in [0.1, 0.15) is 16.8 Å². The number of rotatable bonds is 4. The van der Waals surface area contributed by atoms with Crippen LogP contribution in [0, 0.1) is 20.8 Å². The number of ether oxygens (including phenoxy) is 1. The molecular formula is C15H18BrNO. The number of aryl methyl sites for hydroxylation is 1. The smallest absolute Gasteiger partial charge is 0.120 e. The van der Waals surface area contributed by atoms with E-state index in [1.807, 2.05) is 24.3 Å². The van der Waals surface area contributed by atoms with Crippen molar-refractivity contribution in [1.82, 2.24) is 4.57 Å². The molecule has 0 saturated heterocycles. The van der Waals surface area contributed by atoms with Gasteiger partial charge in [-0.2, -0.15) is 0 Å². The zero-order valence-corrected chi connectivity index (χ0v) is 12.6. The lowest BCUT2D eigenvalue weighted by Gasteiger charge is -2.09. The number of hydrogen-bond acceptors (Lipinski definition) is 1. The van der Waals surface area contributed by atoms with E-state index in [9.17, 15) is 0 Å². The highest BCUT2D eigenvalue weighted by Crippen LogP contribution is 2.18. The molecule has 2 nitrogen and oxygen atoms in total. The highest BCUT2D eigenvalue weighted by Gasteiger charge is 2.04. The molecule has 3 heteroatoms. The van der Waals surface area contributed by atoms with Crippen LogP contribution in [0.15, 0.2) is 34.9 Å². The monoisotopic (exact) mass is 307 g/mol. The van der Waals surface area contributed by atoms with Gasteiger partial charge in [0.25, 0.3) is 0 Å². The normalized spacial score (nSPS) is 10.7. The van der Waals surface area contributed by atoms with Crippen molar-refractivity contribution in [1.29, 1.82) is 0 Å². The predicted molar refractivity (Wildman–Crippen MR) is 78.3 cm³/mol. The third-order valence-corrected chi connectivity index (χ3v) is 3.80. The van der Waals surface area contributed by atoms with Crippen LogP contribution in [0.2, 0.25) is 0 Å². The molecule has 96 valence electrons. The van der Waals surface area contributed by atoms with Crippen molar-refractivity contribution in [3.63, 3.8) is 0 Å². The molecule has 0 amide bonds. The van der Waals surface area contributed by atoms with E-state index in [0.29, 0.717) is 6.61 Å². The molecule has 0 fully saturated rings. The van der Waals surface area contributed by atoms with E-state index < -0.39 is 0 Å². The van der Waals surface area contributed by atoms with E-state index in [-0.39, 0.29) is 0 Å². The van der Waals surface area contributed by atoms with Gasteiger partial charge in [-0.15, -0.1) is 0 Å². The Hall–Kier alpha value is -1.22. The van der Waals surface area contributed by atoms with E-state index in [1.54, 1.807) is 0 Å². The summed E-state index contributed by atoms with van der Waals surface area (Å²) in [6.45, 7) is 8.03. The Labute approximate surface area is 117 Å². The van der Waals surface area contributed by atoms with Crippen molar-refractivity contribution in [2.24, 2.45) is 0 Å². The summed E-state index contributed by atoms with van der Waals surface area (Å²) in [5, 5.41) is 0. The highest BCUT2D eigenvalue weighted by molar-refractivity contribution is 9.10. The van der Waals surface area contributed by atoms with Crippen LogP contribution < -0.4 is 4.74 Å². The summed E-state index contributed by atoms with van der Waals surface area (Å²) in [5.41, 5.74) is 4.04. The first-order valence-corrected chi connectivity index (χ1v) is 6.88. The summed E-state index contributed by atoms with van der Waals surface area (Å²) in [4.78, 5) is 0. The summed E-state index contributed by atoms with van der Waals surface area (Å²) in [6, 6.07) is 7.94. The lowest BCUT2D eigenvalue weighted by molar-refractivity contribution is 0.297. The quantitative estimate of drug-likeness (QED) is 0.823. The second-order valence-corrected chi connectivity index (χ2v) is 5.44. The minimum absolute atomic E-state index is 0.685. The Morgan fingerprint density at radius 3 is 2.61 bits per heavy atom. The predicted octanol–water partition coefficient (Wildman–Crippen LogP) is 4.25. The number of benzene rings is 1. The van der Waals surface area contributed by atoms with Crippen LogP contribution in [0.5, 0.6) is 5.75 Å². The van der Waals surface area contributed by atoms with Crippen molar-refractivity contribution in [3.05, 3.63) is 51.8 Å².